The molecule has 2 aromatic rings. The molecule has 0 unspecified atom stereocenters. The molecule has 23 heavy (non-hydrogen) atoms. The van der Waals surface area contributed by atoms with Crippen LogP contribution in [0.1, 0.15) is 10.4 Å². The Morgan fingerprint density at radius 3 is 2.35 bits per heavy atom. The van der Waals surface area contributed by atoms with Crippen LogP contribution < -0.4 is 0 Å². The molecule has 2 rings (SSSR count). The highest BCUT2D eigenvalue weighted by Gasteiger charge is 2.17. The van der Waals surface area contributed by atoms with E-state index in [1.807, 2.05) is 0 Å². The number of nitrogens with zero attached hydrogens (tertiary/aromatic N) is 2. The second kappa shape index (κ2) is 7.20. The predicted octanol–water partition coefficient (Wildman–Crippen LogP) is 2.45. The molecular formula is C15H15FN2O3S2. The van der Waals surface area contributed by atoms with Crippen LogP contribution in [-0.4, -0.2) is 43.3 Å². The Kier molecular flexibility index (Phi) is 5.51. The summed E-state index contributed by atoms with van der Waals surface area (Å²) >= 11 is 1.19. The van der Waals surface area contributed by atoms with Gasteiger partial charge in [0.2, 0.25) is 10.0 Å². The van der Waals surface area contributed by atoms with E-state index in [1.54, 1.807) is 6.07 Å². The number of carbonyl (C=O) groups excluding carboxylic acids is 1. The molecule has 0 atom stereocenters. The number of benzene rings is 1. The molecule has 0 amide bonds. The van der Waals surface area contributed by atoms with Gasteiger partial charge in [0, 0.05) is 25.9 Å². The minimum atomic E-state index is -3.51. The maximum absolute atomic E-state index is 12.8. The molecule has 1 heterocycles. The molecule has 0 N–H and O–H groups in total. The van der Waals surface area contributed by atoms with Crippen molar-refractivity contribution < 1.29 is 17.6 Å². The van der Waals surface area contributed by atoms with Crippen molar-refractivity contribution in [2.45, 2.75) is 9.92 Å². The molecule has 8 heteroatoms. The summed E-state index contributed by atoms with van der Waals surface area (Å²) in [6.07, 6.45) is 1.26. The van der Waals surface area contributed by atoms with Gasteiger partial charge < -0.3 is 0 Å². The number of halogens is 1. The molecule has 0 spiro atoms. The molecule has 0 saturated heterocycles. The van der Waals surface area contributed by atoms with Crippen molar-refractivity contribution in [2.75, 3.05) is 19.8 Å². The number of sulfonamides is 1. The topological polar surface area (TPSA) is 67.3 Å². The third-order valence-corrected chi connectivity index (χ3v) is 5.75. The molecule has 0 radical (unpaired) electrons. The van der Waals surface area contributed by atoms with Crippen LogP contribution in [0.3, 0.4) is 0 Å². The van der Waals surface area contributed by atoms with Crippen LogP contribution in [0.25, 0.3) is 0 Å². The quantitative estimate of drug-likeness (QED) is 0.589. The van der Waals surface area contributed by atoms with Crippen molar-refractivity contribution in [2.24, 2.45) is 0 Å². The van der Waals surface area contributed by atoms with Crippen molar-refractivity contribution in [1.29, 1.82) is 0 Å². The number of carbonyl (C=O) groups is 1. The Bertz CT molecular complexity index is 788. The SMILES string of the molecule is CN(C)S(=O)(=O)c1ccc(SCC(=O)c2ccc(F)cc2)nc1. The number of ketones is 1. The molecular weight excluding hydrogens is 339 g/mol. The molecule has 1 aromatic carbocycles. The summed E-state index contributed by atoms with van der Waals surface area (Å²) in [5, 5.41) is 0.540. The van der Waals surface area contributed by atoms with Gasteiger partial charge in [0.05, 0.1) is 10.8 Å². The molecule has 5 nitrogen and oxygen atoms in total. The van der Waals surface area contributed by atoms with Gasteiger partial charge in [0.25, 0.3) is 0 Å². The van der Waals surface area contributed by atoms with Crippen LogP contribution in [-0.2, 0) is 10.0 Å². The summed E-state index contributed by atoms with van der Waals surface area (Å²) in [6.45, 7) is 0. The second-order valence-electron chi connectivity index (χ2n) is 4.84. The van der Waals surface area contributed by atoms with Crippen LogP contribution in [0, 0.1) is 5.82 Å². The average Bonchev–Trinajstić information content (AvgIpc) is 2.53. The summed E-state index contributed by atoms with van der Waals surface area (Å²) < 4.78 is 37.8. The van der Waals surface area contributed by atoms with Crippen LogP contribution in [0.4, 0.5) is 4.39 Å². The smallest absolute Gasteiger partial charge is 0.244 e. The molecule has 0 fully saturated rings. The predicted molar refractivity (Wildman–Crippen MR) is 86.6 cm³/mol. The lowest BCUT2D eigenvalue weighted by Crippen LogP contribution is -2.22. The molecule has 122 valence electrons. The largest absolute Gasteiger partial charge is 0.293 e. The maximum Gasteiger partial charge on any atom is 0.244 e. The highest BCUT2D eigenvalue weighted by molar-refractivity contribution is 7.99. The fourth-order valence-corrected chi connectivity index (χ4v) is 3.26. The third kappa shape index (κ3) is 4.37. The zero-order chi connectivity index (χ0) is 17.0. The molecule has 0 saturated carbocycles. The normalized spacial score (nSPS) is 11.7. The monoisotopic (exact) mass is 354 g/mol. The van der Waals surface area contributed by atoms with Crippen LogP contribution >= 0.6 is 11.8 Å². The van der Waals surface area contributed by atoms with Gasteiger partial charge in [-0.15, -0.1) is 0 Å². The van der Waals surface area contributed by atoms with Crippen molar-refractivity contribution in [3.05, 3.63) is 54.0 Å². The van der Waals surface area contributed by atoms with E-state index in [-0.39, 0.29) is 16.4 Å². The first kappa shape index (κ1) is 17.6. The van der Waals surface area contributed by atoms with Crippen molar-refractivity contribution >= 4 is 27.6 Å². The van der Waals surface area contributed by atoms with E-state index in [9.17, 15) is 17.6 Å². The minimum Gasteiger partial charge on any atom is -0.293 e. The van der Waals surface area contributed by atoms with E-state index in [0.717, 1.165) is 4.31 Å². The Labute approximate surface area is 138 Å². The zero-order valence-electron chi connectivity index (χ0n) is 12.6. The lowest BCUT2D eigenvalue weighted by Gasteiger charge is -2.10. The van der Waals surface area contributed by atoms with Gasteiger partial charge in [-0.3, -0.25) is 4.79 Å². The minimum absolute atomic E-state index is 0.0942. The Balaban J connectivity index is 2.02. The van der Waals surface area contributed by atoms with Crippen molar-refractivity contribution in [1.82, 2.24) is 9.29 Å². The van der Waals surface area contributed by atoms with E-state index in [0.29, 0.717) is 10.6 Å². The highest BCUT2D eigenvalue weighted by atomic mass is 32.2. The number of Topliss-reactive ketones (excluding diaryl/α,β-unsaturated/α-hetero) is 1. The Morgan fingerprint density at radius 1 is 1.17 bits per heavy atom. The van der Waals surface area contributed by atoms with E-state index in [4.69, 9.17) is 0 Å². The van der Waals surface area contributed by atoms with Crippen LogP contribution in [0.15, 0.2) is 52.5 Å². The number of hydrogen-bond donors (Lipinski definition) is 0. The first-order chi connectivity index (χ1) is 10.8. The first-order valence-corrected chi connectivity index (χ1v) is 9.03. The fraction of sp³-hybridized carbons (Fsp3) is 0.200. The van der Waals surface area contributed by atoms with E-state index < -0.39 is 15.8 Å². The second-order valence-corrected chi connectivity index (χ2v) is 7.99. The molecule has 0 aliphatic rings. The maximum atomic E-state index is 12.8. The van der Waals surface area contributed by atoms with Gasteiger partial charge in [-0.25, -0.2) is 22.1 Å². The summed E-state index contributed by atoms with van der Waals surface area (Å²) in [5.74, 6) is -0.409. The third-order valence-electron chi connectivity index (χ3n) is 3.01. The first-order valence-electron chi connectivity index (χ1n) is 6.61. The standard InChI is InChI=1S/C15H15FN2O3S2/c1-18(2)23(20,21)13-7-8-15(17-9-13)22-10-14(19)11-3-5-12(16)6-4-11/h3-9H,10H2,1-2H3. The highest BCUT2D eigenvalue weighted by Crippen LogP contribution is 2.20. The number of thioether (sulfide) groups is 1. The number of hydrogen-bond acceptors (Lipinski definition) is 5. The number of rotatable bonds is 6. The van der Waals surface area contributed by atoms with Crippen LogP contribution in [0.5, 0.6) is 0 Å². The van der Waals surface area contributed by atoms with Gasteiger partial charge in [0.15, 0.2) is 5.78 Å². The number of pyridine rings is 1. The van der Waals surface area contributed by atoms with Crippen molar-refractivity contribution in [3.8, 4) is 0 Å². The molecule has 0 aliphatic heterocycles. The van der Waals surface area contributed by atoms with E-state index >= 15 is 0 Å². The van der Waals surface area contributed by atoms with E-state index in [1.165, 1.54) is 62.4 Å². The van der Waals surface area contributed by atoms with Gasteiger partial charge in [-0.05, 0) is 36.4 Å². The lowest BCUT2D eigenvalue weighted by molar-refractivity contribution is 0.102. The van der Waals surface area contributed by atoms with Crippen LogP contribution in [0.2, 0.25) is 0 Å². The summed E-state index contributed by atoms with van der Waals surface area (Å²) in [5.41, 5.74) is 0.422. The van der Waals surface area contributed by atoms with E-state index in [2.05, 4.69) is 4.98 Å². The fourth-order valence-electron chi connectivity index (χ4n) is 1.67. The Morgan fingerprint density at radius 2 is 1.83 bits per heavy atom. The molecule has 1 aromatic heterocycles. The zero-order valence-corrected chi connectivity index (χ0v) is 14.2. The lowest BCUT2D eigenvalue weighted by atomic mass is 10.1. The van der Waals surface area contributed by atoms with Gasteiger partial charge in [-0.2, -0.15) is 0 Å². The Hall–Kier alpha value is -1.77. The number of aromatic nitrogens is 1. The van der Waals surface area contributed by atoms with Gasteiger partial charge in [-0.1, -0.05) is 11.8 Å². The average molecular weight is 354 g/mol. The van der Waals surface area contributed by atoms with Crippen molar-refractivity contribution in [3.63, 3.8) is 0 Å². The van der Waals surface area contributed by atoms with Gasteiger partial charge in [0.1, 0.15) is 10.7 Å². The summed E-state index contributed by atoms with van der Waals surface area (Å²) in [4.78, 5) is 16.1. The van der Waals surface area contributed by atoms with Gasteiger partial charge >= 0.3 is 0 Å². The molecule has 0 aliphatic carbocycles. The summed E-state index contributed by atoms with van der Waals surface area (Å²) in [7, 11) is -0.625. The molecule has 0 bridgehead atoms. The summed E-state index contributed by atoms with van der Waals surface area (Å²) in [6, 6.07) is 8.33.